The monoisotopic (exact) mass is 365 g/mol. The second kappa shape index (κ2) is 7.47. The summed E-state index contributed by atoms with van der Waals surface area (Å²) in [6.07, 6.45) is 3.49. The lowest BCUT2D eigenvalue weighted by molar-refractivity contribution is 0.181. The van der Waals surface area contributed by atoms with E-state index in [1.165, 1.54) is 23.5 Å². The number of methoxy groups -OCH3 is 1. The van der Waals surface area contributed by atoms with E-state index in [2.05, 4.69) is 9.88 Å². The van der Waals surface area contributed by atoms with Crippen LogP contribution in [0.1, 0.15) is 5.56 Å². The predicted octanol–water partition coefficient (Wildman–Crippen LogP) is 1.74. The molecule has 1 saturated heterocycles. The van der Waals surface area contributed by atoms with Gasteiger partial charge in [0.05, 0.1) is 12.0 Å². The fraction of sp³-hybridized carbons (Fsp3) is 0.353. The van der Waals surface area contributed by atoms with Gasteiger partial charge in [-0.15, -0.1) is 0 Å². The van der Waals surface area contributed by atoms with Gasteiger partial charge in [0.2, 0.25) is 10.0 Å². The Labute approximate surface area is 146 Å². The highest BCUT2D eigenvalue weighted by atomic mass is 32.2. The van der Waals surface area contributed by atoms with E-state index in [0.29, 0.717) is 26.2 Å². The molecular weight excluding hydrogens is 345 g/mol. The van der Waals surface area contributed by atoms with Crippen molar-refractivity contribution >= 4 is 10.0 Å². The first kappa shape index (κ1) is 17.8. The molecule has 1 aliphatic heterocycles. The molecule has 0 atom stereocenters. The van der Waals surface area contributed by atoms with Crippen LogP contribution in [0.15, 0.2) is 47.6 Å². The lowest BCUT2D eigenvalue weighted by Gasteiger charge is -2.34. The van der Waals surface area contributed by atoms with Crippen molar-refractivity contribution in [3.05, 3.63) is 54.1 Å². The van der Waals surface area contributed by atoms with Gasteiger partial charge < -0.3 is 4.74 Å². The predicted molar refractivity (Wildman–Crippen MR) is 91.2 cm³/mol. The van der Waals surface area contributed by atoms with E-state index >= 15 is 0 Å². The maximum Gasteiger partial charge on any atom is 0.243 e. The van der Waals surface area contributed by atoms with E-state index < -0.39 is 15.8 Å². The molecule has 3 rings (SSSR count). The van der Waals surface area contributed by atoms with Gasteiger partial charge in [0.1, 0.15) is 0 Å². The van der Waals surface area contributed by atoms with Gasteiger partial charge in [-0.05, 0) is 35.9 Å². The van der Waals surface area contributed by atoms with Crippen LogP contribution in [0.3, 0.4) is 0 Å². The molecule has 2 heterocycles. The number of sulfonamides is 1. The first-order valence-corrected chi connectivity index (χ1v) is 9.39. The molecule has 0 unspecified atom stereocenters. The molecule has 2 aromatic rings. The average molecular weight is 365 g/mol. The van der Waals surface area contributed by atoms with Gasteiger partial charge in [-0.25, -0.2) is 12.8 Å². The first-order valence-electron chi connectivity index (χ1n) is 7.95. The lowest BCUT2D eigenvalue weighted by Crippen LogP contribution is -2.48. The van der Waals surface area contributed by atoms with Crippen molar-refractivity contribution in [2.75, 3.05) is 33.3 Å². The molecule has 25 heavy (non-hydrogen) atoms. The van der Waals surface area contributed by atoms with Crippen molar-refractivity contribution in [1.82, 2.24) is 14.2 Å². The summed E-state index contributed by atoms with van der Waals surface area (Å²) in [4.78, 5) is 6.13. The number of rotatable bonds is 5. The third-order valence-electron chi connectivity index (χ3n) is 4.25. The summed E-state index contributed by atoms with van der Waals surface area (Å²) < 4.78 is 45.5. The molecule has 1 aromatic carbocycles. The van der Waals surface area contributed by atoms with Gasteiger partial charge in [0.15, 0.2) is 11.6 Å². The zero-order valence-corrected chi connectivity index (χ0v) is 14.7. The molecular formula is C17H20FN3O3S. The van der Waals surface area contributed by atoms with Crippen LogP contribution in [0.4, 0.5) is 4.39 Å². The van der Waals surface area contributed by atoms with Crippen molar-refractivity contribution in [2.24, 2.45) is 0 Å². The van der Waals surface area contributed by atoms with E-state index in [0.717, 1.165) is 18.2 Å². The van der Waals surface area contributed by atoms with Crippen LogP contribution in [0, 0.1) is 5.82 Å². The Balaban J connectivity index is 1.66. The standard InChI is InChI=1S/C17H20FN3O3S/c1-24-17-3-2-15(12-16(17)18)25(22,23)21-10-8-20(9-11-21)13-14-4-6-19-7-5-14/h2-7,12H,8-11,13H2,1H3. The Bertz CT molecular complexity index is 822. The number of ether oxygens (including phenoxy) is 1. The van der Waals surface area contributed by atoms with Crippen molar-refractivity contribution in [3.63, 3.8) is 0 Å². The Morgan fingerprint density at radius 2 is 1.80 bits per heavy atom. The van der Waals surface area contributed by atoms with E-state index in [9.17, 15) is 12.8 Å². The zero-order valence-electron chi connectivity index (χ0n) is 13.9. The Hall–Kier alpha value is -2.03. The summed E-state index contributed by atoms with van der Waals surface area (Å²) >= 11 is 0. The van der Waals surface area contributed by atoms with Gasteiger partial charge in [0, 0.05) is 45.1 Å². The Morgan fingerprint density at radius 3 is 2.40 bits per heavy atom. The second-order valence-corrected chi connectivity index (χ2v) is 7.77. The van der Waals surface area contributed by atoms with Crippen molar-refractivity contribution < 1.29 is 17.5 Å². The van der Waals surface area contributed by atoms with Gasteiger partial charge >= 0.3 is 0 Å². The largest absolute Gasteiger partial charge is 0.494 e. The van der Waals surface area contributed by atoms with Gasteiger partial charge in [0.25, 0.3) is 0 Å². The summed E-state index contributed by atoms with van der Waals surface area (Å²) in [5.74, 6) is -0.652. The number of aromatic nitrogens is 1. The topological polar surface area (TPSA) is 62.7 Å². The SMILES string of the molecule is COc1ccc(S(=O)(=O)N2CCN(Cc3ccncc3)CC2)cc1F. The van der Waals surface area contributed by atoms with Gasteiger partial charge in [-0.1, -0.05) is 0 Å². The van der Waals surface area contributed by atoms with Gasteiger partial charge in [-0.3, -0.25) is 9.88 Å². The molecule has 6 nitrogen and oxygen atoms in total. The fourth-order valence-electron chi connectivity index (χ4n) is 2.83. The molecule has 1 aliphatic rings. The summed E-state index contributed by atoms with van der Waals surface area (Å²) in [6, 6.07) is 7.62. The third-order valence-corrected chi connectivity index (χ3v) is 6.14. The lowest BCUT2D eigenvalue weighted by atomic mass is 10.2. The highest BCUT2D eigenvalue weighted by Crippen LogP contribution is 2.24. The molecule has 0 aliphatic carbocycles. The average Bonchev–Trinajstić information content (AvgIpc) is 2.63. The van der Waals surface area contributed by atoms with Crippen LogP contribution in [0.2, 0.25) is 0 Å². The van der Waals surface area contributed by atoms with Crippen LogP contribution in [0.25, 0.3) is 0 Å². The molecule has 0 bridgehead atoms. The summed E-state index contributed by atoms with van der Waals surface area (Å²) in [6.45, 7) is 2.76. The molecule has 0 N–H and O–H groups in total. The fourth-order valence-corrected chi connectivity index (χ4v) is 4.27. The Kier molecular flexibility index (Phi) is 5.31. The maximum absolute atomic E-state index is 13.8. The molecule has 0 radical (unpaired) electrons. The van der Waals surface area contributed by atoms with Crippen LogP contribution in [-0.4, -0.2) is 55.9 Å². The summed E-state index contributed by atoms with van der Waals surface area (Å²) in [7, 11) is -2.36. The number of hydrogen-bond donors (Lipinski definition) is 0. The Morgan fingerprint density at radius 1 is 1.12 bits per heavy atom. The number of pyridine rings is 1. The van der Waals surface area contributed by atoms with E-state index in [1.54, 1.807) is 12.4 Å². The number of benzene rings is 1. The van der Waals surface area contributed by atoms with Gasteiger partial charge in [-0.2, -0.15) is 4.31 Å². The molecule has 0 saturated carbocycles. The number of piperazine rings is 1. The normalized spacial score (nSPS) is 16.7. The molecule has 1 aromatic heterocycles. The number of hydrogen-bond acceptors (Lipinski definition) is 5. The maximum atomic E-state index is 13.8. The summed E-state index contributed by atoms with van der Waals surface area (Å²) in [5, 5.41) is 0. The highest BCUT2D eigenvalue weighted by molar-refractivity contribution is 7.89. The van der Waals surface area contributed by atoms with Crippen LogP contribution in [0.5, 0.6) is 5.75 Å². The van der Waals surface area contributed by atoms with Crippen LogP contribution in [-0.2, 0) is 16.6 Å². The van der Waals surface area contributed by atoms with E-state index in [-0.39, 0.29) is 10.6 Å². The molecule has 1 fully saturated rings. The van der Waals surface area contributed by atoms with Crippen LogP contribution < -0.4 is 4.74 Å². The minimum Gasteiger partial charge on any atom is -0.494 e. The van der Waals surface area contributed by atoms with Crippen molar-refractivity contribution in [3.8, 4) is 5.75 Å². The highest BCUT2D eigenvalue weighted by Gasteiger charge is 2.29. The molecule has 0 spiro atoms. The minimum atomic E-state index is -3.70. The molecule has 0 amide bonds. The first-order chi connectivity index (χ1) is 12.0. The quantitative estimate of drug-likeness (QED) is 0.808. The van der Waals surface area contributed by atoms with Crippen molar-refractivity contribution in [1.29, 1.82) is 0 Å². The molecule has 134 valence electrons. The zero-order chi connectivity index (χ0) is 17.9. The number of nitrogens with zero attached hydrogens (tertiary/aromatic N) is 3. The third kappa shape index (κ3) is 3.97. The minimum absolute atomic E-state index is 0.0288. The smallest absolute Gasteiger partial charge is 0.243 e. The van der Waals surface area contributed by atoms with E-state index in [4.69, 9.17) is 4.74 Å². The second-order valence-electron chi connectivity index (χ2n) is 5.83. The van der Waals surface area contributed by atoms with Crippen molar-refractivity contribution in [2.45, 2.75) is 11.4 Å². The molecule has 8 heteroatoms. The summed E-state index contributed by atoms with van der Waals surface area (Å²) in [5.41, 5.74) is 1.14. The van der Waals surface area contributed by atoms with Crippen LogP contribution >= 0.6 is 0 Å². The number of halogens is 1. The van der Waals surface area contributed by atoms with E-state index in [1.807, 2.05) is 12.1 Å².